The Balaban J connectivity index is 2.17. The van der Waals surface area contributed by atoms with Gasteiger partial charge in [-0.25, -0.2) is 4.39 Å². The number of carbonyl (C=O) groups is 2. The van der Waals surface area contributed by atoms with Crippen LogP contribution in [0, 0.1) is 24.6 Å². The van der Waals surface area contributed by atoms with Crippen LogP contribution in [0.2, 0.25) is 0 Å². The Bertz CT molecular complexity index is 576. The normalized spacial score (nSPS) is 21.9. The summed E-state index contributed by atoms with van der Waals surface area (Å²) >= 11 is 3.08. The molecule has 2 N–H and O–H groups in total. The maximum Gasteiger partial charge on any atom is 0.307 e. The van der Waals surface area contributed by atoms with E-state index in [0.717, 1.165) is 12.8 Å². The van der Waals surface area contributed by atoms with E-state index in [2.05, 4.69) is 21.2 Å². The molecule has 21 heavy (non-hydrogen) atoms. The lowest BCUT2D eigenvalue weighted by molar-refractivity contribution is -0.147. The largest absolute Gasteiger partial charge is 0.481 e. The van der Waals surface area contributed by atoms with Gasteiger partial charge in [-0.15, -0.1) is 0 Å². The number of halogens is 2. The minimum absolute atomic E-state index is 0.266. The van der Waals surface area contributed by atoms with Crippen molar-refractivity contribution in [2.45, 2.75) is 32.6 Å². The van der Waals surface area contributed by atoms with E-state index in [0.29, 0.717) is 24.1 Å². The predicted molar refractivity (Wildman–Crippen MR) is 80.6 cm³/mol. The highest BCUT2D eigenvalue weighted by Crippen LogP contribution is 2.32. The summed E-state index contributed by atoms with van der Waals surface area (Å²) in [6, 6.07) is 2.83. The standard InChI is InChI=1S/C15H17BrFNO3/c1-8-6-12(17)11(16)7-13(8)18-14(19)9-4-2-3-5-10(9)15(20)21/h6-7,9-10H,2-5H2,1H3,(H,18,19)(H,20,21)/t9-,10+/m1/s1. The fourth-order valence-corrected chi connectivity index (χ4v) is 3.09. The van der Waals surface area contributed by atoms with E-state index < -0.39 is 23.6 Å². The number of aliphatic carboxylic acids is 1. The number of carboxylic acids is 1. The highest BCUT2D eigenvalue weighted by molar-refractivity contribution is 9.10. The Morgan fingerprint density at radius 2 is 1.90 bits per heavy atom. The summed E-state index contributed by atoms with van der Waals surface area (Å²) in [7, 11) is 0. The first-order chi connectivity index (χ1) is 9.90. The van der Waals surface area contributed by atoms with Gasteiger partial charge in [0.2, 0.25) is 5.91 Å². The van der Waals surface area contributed by atoms with Gasteiger partial charge in [0.25, 0.3) is 0 Å². The number of hydrogen-bond acceptors (Lipinski definition) is 2. The number of hydrogen-bond donors (Lipinski definition) is 2. The Morgan fingerprint density at radius 3 is 2.52 bits per heavy atom. The zero-order valence-corrected chi connectivity index (χ0v) is 13.2. The molecular weight excluding hydrogens is 341 g/mol. The number of anilines is 1. The van der Waals surface area contributed by atoms with Crippen molar-refractivity contribution in [1.82, 2.24) is 0 Å². The number of amides is 1. The van der Waals surface area contributed by atoms with Gasteiger partial charge in [0.15, 0.2) is 0 Å². The highest BCUT2D eigenvalue weighted by Gasteiger charge is 2.35. The summed E-state index contributed by atoms with van der Waals surface area (Å²) in [5.41, 5.74) is 1.11. The van der Waals surface area contributed by atoms with Crippen LogP contribution in [0.3, 0.4) is 0 Å². The molecule has 1 aromatic carbocycles. The average Bonchev–Trinajstić information content (AvgIpc) is 2.44. The Hall–Kier alpha value is -1.43. The minimum atomic E-state index is -0.924. The van der Waals surface area contributed by atoms with E-state index in [4.69, 9.17) is 0 Å². The van der Waals surface area contributed by atoms with Crippen molar-refractivity contribution in [3.8, 4) is 0 Å². The maximum atomic E-state index is 13.4. The molecule has 2 rings (SSSR count). The smallest absolute Gasteiger partial charge is 0.307 e. The van der Waals surface area contributed by atoms with E-state index in [9.17, 15) is 19.1 Å². The number of rotatable bonds is 3. The van der Waals surface area contributed by atoms with Gasteiger partial charge in [-0.3, -0.25) is 9.59 Å². The SMILES string of the molecule is Cc1cc(F)c(Br)cc1NC(=O)[C@@H]1CCCC[C@@H]1C(=O)O. The summed E-state index contributed by atoms with van der Waals surface area (Å²) in [6.07, 6.45) is 2.79. The summed E-state index contributed by atoms with van der Waals surface area (Å²) in [6.45, 7) is 1.70. The second kappa shape index (κ2) is 6.56. The topological polar surface area (TPSA) is 66.4 Å². The first kappa shape index (κ1) is 15.9. The van der Waals surface area contributed by atoms with E-state index in [-0.39, 0.29) is 10.4 Å². The van der Waals surface area contributed by atoms with Crippen LogP contribution >= 0.6 is 15.9 Å². The summed E-state index contributed by atoms with van der Waals surface area (Å²) < 4.78 is 13.6. The van der Waals surface area contributed by atoms with Crippen molar-refractivity contribution in [1.29, 1.82) is 0 Å². The number of aryl methyl sites for hydroxylation is 1. The van der Waals surface area contributed by atoms with Crippen molar-refractivity contribution in [2.24, 2.45) is 11.8 Å². The minimum Gasteiger partial charge on any atom is -0.481 e. The first-order valence-corrected chi connectivity index (χ1v) is 7.68. The van der Waals surface area contributed by atoms with Crippen molar-refractivity contribution < 1.29 is 19.1 Å². The molecular formula is C15H17BrFNO3. The zero-order chi connectivity index (χ0) is 15.6. The number of benzene rings is 1. The third-order valence-corrected chi connectivity index (χ3v) is 4.55. The average molecular weight is 358 g/mol. The lowest BCUT2D eigenvalue weighted by Gasteiger charge is -2.27. The van der Waals surface area contributed by atoms with Gasteiger partial charge in [0.05, 0.1) is 16.3 Å². The Labute approximate surface area is 130 Å². The van der Waals surface area contributed by atoms with Crippen LogP contribution in [-0.4, -0.2) is 17.0 Å². The van der Waals surface area contributed by atoms with Gasteiger partial charge < -0.3 is 10.4 Å². The molecule has 0 spiro atoms. The molecule has 2 atom stereocenters. The van der Waals surface area contributed by atoms with Crippen LogP contribution in [0.25, 0.3) is 0 Å². The van der Waals surface area contributed by atoms with E-state index >= 15 is 0 Å². The molecule has 6 heteroatoms. The molecule has 1 aromatic rings. The van der Waals surface area contributed by atoms with Crippen LogP contribution in [-0.2, 0) is 9.59 Å². The van der Waals surface area contributed by atoms with Crippen LogP contribution in [0.15, 0.2) is 16.6 Å². The third-order valence-electron chi connectivity index (χ3n) is 3.95. The van der Waals surface area contributed by atoms with Crippen molar-refractivity contribution in [3.05, 3.63) is 28.0 Å². The molecule has 1 saturated carbocycles. The van der Waals surface area contributed by atoms with Gasteiger partial charge in [-0.05, 0) is 53.4 Å². The molecule has 0 heterocycles. The van der Waals surface area contributed by atoms with Crippen LogP contribution in [0.5, 0.6) is 0 Å². The number of carbonyl (C=O) groups excluding carboxylic acids is 1. The van der Waals surface area contributed by atoms with Gasteiger partial charge in [-0.2, -0.15) is 0 Å². The molecule has 0 aliphatic heterocycles. The van der Waals surface area contributed by atoms with E-state index in [1.807, 2.05) is 0 Å². The second-order valence-electron chi connectivity index (χ2n) is 5.41. The molecule has 0 radical (unpaired) electrons. The molecule has 0 bridgehead atoms. The van der Waals surface area contributed by atoms with E-state index in [1.165, 1.54) is 12.1 Å². The molecule has 114 valence electrons. The fraction of sp³-hybridized carbons (Fsp3) is 0.467. The number of nitrogens with one attached hydrogen (secondary N) is 1. The molecule has 1 aliphatic carbocycles. The van der Waals surface area contributed by atoms with Gasteiger partial charge in [-0.1, -0.05) is 12.8 Å². The molecule has 4 nitrogen and oxygen atoms in total. The molecule has 1 amide bonds. The van der Waals surface area contributed by atoms with Gasteiger partial charge in [0.1, 0.15) is 5.82 Å². The third kappa shape index (κ3) is 3.61. The second-order valence-corrected chi connectivity index (χ2v) is 6.26. The maximum absolute atomic E-state index is 13.4. The summed E-state index contributed by atoms with van der Waals surface area (Å²) in [5, 5.41) is 12.0. The van der Waals surface area contributed by atoms with Crippen LogP contribution in [0.4, 0.5) is 10.1 Å². The van der Waals surface area contributed by atoms with Crippen LogP contribution in [0.1, 0.15) is 31.2 Å². The molecule has 0 saturated heterocycles. The monoisotopic (exact) mass is 357 g/mol. The van der Waals surface area contributed by atoms with Crippen molar-refractivity contribution in [3.63, 3.8) is 0 Å². The first-order valence-electron chi connectivity index (χ1n) is 6.89. The van der Waals surface area contributed by atoms with E-state index in [1.54, 1.807) is 6.92 Å². The Morgan fingerprint density at radius 1 is 1.29 bits per heavy atom. The highest BCUT2D eigenvalue weighted by atomic mass is 79.9. The molecule has 0 aromatic heterocycles. The molecule has 1 fully saturated rings. The lowest BCUT2D eigenvalue weighted by atomic mass is 9.78. The summed E-state index contributed by atoms with van der Waals surface area (Å²) in [5.74, 6) is -2.79. The Kier molecular flexibility index (Phi) is 4.98. The van der Waals surface area contributed by atoms with Gasteiger partial charge in [0, 0.05) is 5.69 Å². The van der Waals surface area contributed by atoms with Gasteiger partial charge >= 0.3 is 5.97 Å². The zero-order valence-electron chi connectivity index (χ0n) is 11.7. The molecule has 0 unspecified atom stereocenters. The fourth-order valence-electron chi connectivity index (χ4n) is 2.75. The predicted octanol–water partition coefficient (Wildman–Crippen LogP) is 3.73. The quantitative estimate of drug-likeness (QED) is 0.865. The summed E-state index contributed by atoms with van der Waals surface area (Å²) in [4.78, 5) is 23.6. The van der Waals surface area contributed by atoms with Crippen molar-refractivity contribution in [2.75, 3.05) is 5.32 Å². The number of carboxylic acid groups (broad SMARTS) is 1. The van der Waals surface area contributed by atoms with Crippen molar-refractivity contribution >= 4 is 33.5 Å². The lowest BCUT2D eigenvalue weighted by Crippen LogP contribution is -2.36. The molecule has 1 aliphatic rings. The van der Waals surface area contributed by atoms with Crippen LogP contribution < -0.4 is 5.32 Å².